The van der Waals surface area contributed by atoms with E-state index >= 15 is 0 Å². The topological polar surface area (TPSA) is 106 Å². The van der Waals surface area contributed by atoms with Crippen LogP contribution in [0.25, 0.3) is 0 Å². The van der Waals surface area contributed by atoms with Crippen LogP contribution in [0.2, 0.25) is 0 Å². The number of nitrogens with zero attached hydrogens (tertiary/aromatic N) is 1. The third kappa shape index (κ3) is 3.69. The molecule has 23 heavy (non-hydrogen) atoms. The number of para-hydroxylation sites is 1. The number of nitro benzene ring substituents is 1. The molecule has 0 bridgehead atoms. The highest BCUT2D eigenvalue weighted by Crippen LogP contribution is 2.23. The van der Waals surface area contributed by atoms with E-state index in [-0.39, 0.29) is 16.1 Å². The molecule has 0 unspecified atom stereocenters. The van der Waals surface area contributed by atoms with Crippen molar-refractivity contribution in [2.45, 2.75) is 4.90 Å². The van der Waals surface area contributed by atoms with E-state index in [2.05, 4.69) is 5.32 Å². The number of anilines is 1. The molecule has 0 atom stereocenters. The Morgan fingerprint density at radius 1 is 1.22 bits per heavy atom. The molecule has 0 saturated heterocycles. The monoisotopic (exact) mass is 338 g/mol. The predicted octanol–water partition coefficient (Wildman–Crippen LogP) is 2.39. The van der Waals surface area contributed by atoms with E-state index < -0.39 is 32.2 Å². The summed E-state index contributed by atoms with van der Waals surface area (Å²) in [4.78, 5) is 22.1. The maximum absolute atomic E-state index is 13.7. The van der Waals surface area contributed by atoms with Gasteiger partial charge in [-0.1, -0.05) is 12.1 Å². The van der Waals surface area contributed by atoms with Gasteiger partial charge in [0.15, 0.2) is 9.84 Å². The van der Waals surface area contributed by atoms with Gasteiger partial charge in [0.2, 0.25) is 0 Å². The highest BCUT2D eigenvalue weighted by atomic mass is 32.2. The van der Waals surface area contributed by atoms with Gasteiger partial charge >= 0.3 is 0 Å². The van der Waals surface area contributed by atoms with Gasteiger partial charge in [0.05, 0.1) is 15.5 Å². The average Bonchev–Trinajstić information content (AvgIpc) is 2.48. The molecule has 0 heterocycles. The number of halogens is 1. The van der Waals surface area contributed by atoms with Crippen LogP contribution in [-0.4, -0.2) is 25.5 Å². The smallest absolute Gasteiger partial charge is 0.282 e. The van der Waals surface area contributed by atoms with Crippen molar-refractivity contribution in [2.75, 3.05) is 11.6 Å². The first-order valence-electron chi connectivity index (χ1n) is 6.24. The van der Waals surface area contributed by atoms with Crippen molar-refractivity contribution in [3.63, 3.8) is 0 Å². The van der Waals surface area contributed by atoms with E-state index in [1.165, 1.54) is 18.2 Å². The molecule has 2 rings (SSSR count). The van der Waals surface area contributed by atoms with Crippen molar-refractivity contribution in [3.05, 3.63) is 64.0 Å². The van der Waals surface area contributed by atoms with Gasteiger partial charge in [-0.2, -0.15) is 0 Å². The summed E-state index contributed by atoms with van der Waals surface area (Å²) in [5.41, 5.74) is -1.08. The minimum Gasteiger partial charge on any atom is -0.319 e. The first-order valence-corrected chi connectivity index (χ1v) is 8.13. The molecule has 0 spiro atoms. The molecular formula is C14H11FN2O5S. The molecule has 7 nitrogen and oxygen atoms in total. The van der Waals surface area contributed by atoms with E-state index in [1.807, 2.05) is 0 Å². The summed E-state index contributed by atoms with van der Waals surface area (Å²) in [5, 5.41) is 13.1. The van der Waals surface area contributed by atoms with Gasteiger partial charge < -0.3 is 5.32 Å². The van der Waals surface area contributed by atoms with Crippen LogP contribution in [0.3, 0.4) is 0 Å². The number of sulfone groups is 1. The maximum atomic E-state index is 13.7. The Hall–Kier alpha value is -2.81. The fourth-order valence-electron chi connectivity index (χ4n) is 1.85. The summed E-state index contributed by atoms with van der Waals surface area (Å²) in [5.74, 6) is -1.77. The second kappa shape index (κ2) is 6.13. The minimum absolute atomic E-state index is 0.184. The van der Waals surface area contributed by atoms with Crippen molar-refractivity contribution < 1.29 is 22.5 Å². The second-order valence-electron chi connectivity index (χ2n) is 4.64. The molecule has 120 valence electrons. The summed E-state index contributed by atoms with van der Waals surface area (Å²) in [7, 11) is -3.59. The first kappa shape index (κ1) is 16.6. The van der Waals surface area contributed by atoms with Crippen LogP contribution >= 0.6 is 0 Å². The Bertz CT molecular complexity index is 896. The molecule has 0 aromatic heterocycles. The van der Waals surface area contributed by atoms with E-state index in [4.69, 9.17) is 0 Å². The molecule has 0 radical (unpaired) electrons. The third-order valence-electron chi connectivity index (χ3n) is 2.96. The highest BCUT2D eigenvalue weighted by molar-refractivity contribution is 7.90. The van der Waals surface area contributed by atoms with Crippen molar-refractivity contribution in [2.24, 2.45) is 0 Å². The number of nitrogens with one attached hydrogen (secondary N) is 1. The lowest BCUT2D eigenvalue weighted by atomic mass is 10.1. The standard InChI is InChI=1S/C14H11FN2O5S/c1-23(21,22)9-6-7-11(15)12(8-9)16-14(18)10-4-2-3-5-13(10)17(19)20/h2-8H,1H3,(H,16,18). The van der Waals surface area contributed by atoms with Crippen molar-refractivity contribution >= 4 is 27.1 Å². The van der Waals surface area contributed by atoms with Gasteiger partial charge in [0.1, 0.15) is 11.4 Å². The molecule has 0 fully saturated rings. The van der Waals surface area contributed by atoms with Crippen molar-refractivity contribution in [1.82, 2.24) is 0 Å². The Labute approximate surface area is 130 Å². The highest BCUT2D eigenvalue weighted by Gasteiger charge is 2.21. The molecule has 2 aromatic rings. The molecule has 0 saturated carbocycles. The number of carbonyl (C=O) groups is 1. The fourth-order valence-corrected chi connectivity index (χ4v) is 2.49. The number of benzene rings is 2. The van der Waals surface area contributed by atoms with Crippen LogP contribution in [0.1, 0.15) is 10.4 Å². The van der Waals surface area contributed by atoms with E-state index in [0.717, 1.165) is 30.5 Å². The van der Waals surface area contributed by atoms with Crippen molar-refractivity contribution in [1.29, 1.82) is 0 Å². The van der Waals surface area contributed by atoms with Crippen LogP contribution in [0.5, 0.6) is 0 Å². The number of rotatable bonds is 4. The molecule has 9 heteroatoms. The third-order valence-corrected chi connectivity index (χ3v) is 4.07. The van der Waals surface area contributed by atoms with Gasteiger partial charge in [-0.3, -0.25) is 14.9 Å². The van der Waals surface area contributed by atoms with Crippen LogP contribution in [-0.2, 0) is 9.84 Å². The summed E-state index contributed by atoms with van der Waals surface area (Å²) in [6.07, 6.45) is 0.938. The van der Waals surface area contributed by atoms with Crippen molar-refractivity contribution in [3.8, 4) is 0 Å². The number of nitro groups is 1. The largest absolute Gasteiger partial charge is 0.319 e. The van der Waals surface area contributed by atoms with E-state index in [9.17, 15) is 27.7 Å². The van der Waals surface area contributed by atoms with Gasteiger partial charge in [-0.05, 0) is 24.3 Å². The summed E-state index contributed by atoms with van der Waals surface area (Å²) in [6.45, 7) is 0. The molecule has 2 aromatic carbocycles. The molecule has 1 N–H and O–H groups in total. The molecule has 0 aliphatic heterocycles. The van der Waals surface area contributed by atoms with E-state index in [1.54, 1.807) is 0 Å². The number of carbonyl (C=O) groups excluding carboxylic acids is 1. The molecule has 0 aliphatic carbocycles. The first-order chi connectivity index (χ1) is 10.7. The quantitative estimate of drug-likeness (QED) is 0.523. The van der Waals surface area contributed by atoms with Crippen LogP contribution in [0, 0.1) is 15.9 Å². The zero-order chi connectivity index (χ0) is 17.2. The van der Waals surface area contributed by atoms with Gasteiger partial charge in [-0.25, -0.2) is 12.8 Å². The summed E-state index contributed by atoms with van der Waals surface area (Å²) < 4.78 is 36.7. The minimum atomic E-state index is -3.59. The van der Waals surface area contributed by atoms with Crippen LogP contribution in [0.15, 0.2) is 47.4 Å². The lowest BCUT2D eigenvalue weighted by Gasteiger charge is -2.08. The number of hydrogen-bond donors (Lipinski definition) is 1. The number of amides is 1. The zero-order valence-electron chi connectivity index (χ0n) is 11.8. The van der Waals surface area contributed by atoms with Crippen LogP contribution in [0.4, 0.5) is 15.8 Å². The normalized spacial score (nSPS) is 11.0. The Kier molecular flexibility index (Phi) is 4.41. The Morgan fingerprint density at radius 2 is 1.87 bits per heavy atom. The number of hydrogen-bond acceptors (Lipinski definition) is 5. The lowest BCUT2D eigenvalue weighted by Crippen LogP contribution is -2.15. The van der Waals surface area contributed by atoms with Gasteiger partial charge in [-0.15, -0.1) is 0 Å². The Balaban J connectivity index is 2.40. The fraction of sp³-hybridized carbons (Fsp3) is 0.0714. The summed E-state index contributed by atoms with van der Waals surface area (Å²) in [6, 6.07) is 8.07. The van der Waals surface area contributed by atoms with E-state index in [0.29, 0.717) is 0 Å². The molecule has 1 amide bonds. The molecular weight excluding hydrogens is 327 g/mol. The zero-order valence-corrected chi connectivity index (χ0v) is 12.6. The SMILES string of the molecule is CS(=O)(=O)c1ccc(F)c(NC(=O)c2ccccc2[N+](=O)[O-])c1. The predicted molar refractivity (Wildman–Crippen MR) is 80.6 cm³/mol. The molecule has 0 aliphatic rings. The van der Waals surface area contributed by atoms with Gasteiger partial charge in [0, 0.05) is 12.3 Å². The second-order valence-corrected chi connectivity index (χ2v) is 6.66. The Morgan fingerprint density at radius 3 is 2.48 bits per heavy atom. The lowest BCUT2D eigenvalue weighted by molar-refractivity contribution is -0.385. The van der Waals surface area contributed by atoms with Gasteiger partial charge in [0.25, 0.3) is 11.6 Å². The van der Waals surface area contributed by atoms with Crippen LogP contribution < -0.4 is 5.32 Å². The maximum Gasteiger partial charge on any atom is 0.282 e. The average molecular weight is 338 g/mol. The summed E-state index contributed by atoms with van der Waals surface area (Å²) >= 11 is 0.